The van der Waals surface area contributed by atoms with Gasteiger partial charge in [0, 0.05) is 15.1 Å². The normalized spacial score (nSPS) is 11.8. The van der Waals surface area contributed by atoms with Crippen LogP contribution in [-0.2, 0) is 6.18 Å². The molecule has 0 bridgehead atoms. The quantitative estimate of drug-likeness (QED) is 0.239. The van der Waals surface area contributed by atoms with Gasteiger partial charge >= 0.3 is 6.18 Å². The Hall–Kier alpha value is -3.10. The Balaban J connectivity index is 1.59. The Morgan fingerprint density at radius 2 is 1.42 bits per heavy atom. The molecule has 1 aromatic heterocycles. The molecule has 5 aromatic rings. The molecule has 0 saturated heterocycles. The van der Waals surface area contributed by atoms with Crippen LogP contribution in [0.15, 0.2) is 99.3 Å². The number of halogens is 4. The summed E-state index contributed by atoms with van der Waals surface area (Å²) in [7, 11) is 0. The number of alkyl halides is 3. The van der Waals surface area contributed by atoms with E-state index in [4.69, 9.17) is 9.97 Å². The SMILES string of the molecule is FC(F)(F)c1ccc(Nc2nc3cc4ccccc4cc3nc2Sc2cccc(Br)c2)cc1. The molecule has 0 spiro atoms. The first-order chi connectivity index (χ1) is 15.8. The van der Waals surface area contributed by atoms with E-state index >= 15 is 0 Å². The number of aromatic nitrogens is 2. The highest BCUT2D eigenvalue weighted by Gasteiger charge is 2.30. The molecule has 0 saturated carbocycles. The fourth-order valence-electron chi connectivity index (χ4n) is 3.40. The van der Waals surface area contributed by atoms with Gasteiger partial charge in [-0.15, -0.1) is 0 Å². The number of hydrogen-bond donors (Lipinski definition) is 1. The van der Waals surface area contributed by atoms with Gasteiger partial charge in [0.1, 0.15) is 5.03 Å². The lowest BCUT2D eigenvalue weighted by atomic mass is 10.1. The van der Waals surface area contributed by atoms with Crippen LogP contribution < -0.4 is 5.32 Å². The van der Waals surface area contributed by atoms with Crippen LogP contribution in [0.25, 0.3) is 21.8 Å². The molecule has 8 heteroatoms. The summed E-state index contributed by atoms with van der Waals surface area (Å²) in [5, 5.41) is 5.86. The predicted molar refractivity (Wildman–Crippen MR) is 130 cm³/mol. The van der Waals surface area contributed by atoms with Gasteiger partial charge in [-0.05, 0) is 65.4 Å². The van der Waals surface area contributed by atoms with Gasteiger partial charge in [0.05, 0.1) is 16.6 Å². The summed E-state index contributed by atoms with van der Waals surface area (Å²) in [6, 6.07) is 24.6. The van der Waals surface area contributed by atoms with Crippen LogP contribution in [0.4, 0.5) is 24.7 Å². The van der Waals surface area contributed by atoms with Crippen LogP contribution in [0.5, 0.6) is 0 Å². The summed E-state index contributed by atoms with van der Waals surface area (Å²) in [6.45, 7) is 0. The molecular formula is C25H15BrF3N3S. The van der Waals surface area contributed by atoms with Gasteiger partial charge in [0.2, 0.25) is 0 Å². The van der Waals surface area contributed by atoms with Crippen LogP contribution in [0, 0.1) is 0 Å². The maximum atomic E-state index is 12.9. The number of benzene rings is 4. The smallest absolute Gasteiger partial charge is 0.338 e. The van der Waals surface area contributed by atoms with E-state index in [1.165, 1.54) is 23.9 Å². The molecule has 0 aliphatic heterocycles. The van der Waals surface area contributed by atoms with Gasteiger partial charge < -0.3 is 5.32 Å². The molecule has 4 aromatic carbocycles. The zero-order valence-corrected chi connectivity index (χ0v) is 19.3. The summed E-state index contributed by atoms with van der Waals surface area (Å²) in [5.41, 5.74) is 1.23. The van der Waals surface area contributed by atoms with E-state index in [1.54, 1.807) is 0 Å². The number of nitrogens with zero attached hydrogens (tertiary/aromatic N) is 2. The van der Waals surface area contributed by atoms with E-state index in [1.807, 2.05) is 60.7 Å². The third-order valence-corrected chi connectivity index (χ3v) is 6.45. The van der Waals surface area contributed by atoms with Gasteiger partial charge in [-0.2, -0.15) is 13.2 Å². The Morgan fingerprint density at radius 3 is 2.06 bits per heavy atom. The summed E-state index contributed by atoms with van der Waals surface area (Å²) < 4.78 is 39.7. The second kappa shape index (κ2) is 8.68. The molecule has 164 valence electrons. The summed E-state index contributed by atoms with van der Waals surface area (Å²) in [6.07, 6.45) is -4.38. The van der Waals surface area contributed by atoms with Crippen LogP contribution >= 0.6 is 27.7 Å². The highest BCUT2D eigenvalue weighted by Crippen LogP contribution is 2.36. The highest BCUT2D eigenvalue weighted by atomic mass is 79.9. The minimum atomic E-state index is -4.38. The molecule has 0 unspecified atom stereocenters. The first-order valence-corrected chi connectivity index (χ1v) is 11.5. The van der Waals surface area contributed by atoms with Crippen molar-refractivity contribution in [1.82, 2.24) is 9.97 Å². The number of hydrogen-bond acceptors (Lipinski definition) is 4. The predicted octanol–water partition coefficient (Wildman–Crippen LogP) is 8.46. The van der Waals surface area contributed by atoms with Crippen molar-refractivity contribution in [3.05, 3.63) is 95.0 Å². The van der Waals surface area contributed by atoms with E-state index in [2.05, 4.69) is 21.2 Å². The number of rotatable bonds is 4. The Kier molecular flexibility index (Phi) is 5.72. The fourth-order valence-corrected chi connectivity index (χ4v) is 4.84. The summed E-state index contributed by atoms with van der Waals surface area (Å²) >= 11 is 4.91. The van der Waals surface area contributed by atoms with Crippen molar-refractivity contribution in [2.75, 3.05) is 5.32 Å². The van der Waals surface area contributed by atoms with Crippen molar-refractivity contribution in [2.24, 2.45) is 0 Å². The monoisotopic (exact) mass is 525 g/mol. The van der Waals surface area contributed by atoms with Gasteiger partial charge in [-0.25, -0.2) is 9.97 Å². The first-order valence-electron chi connectivity index (χ1n) is 9.93. The van der Waals surface area contributed by atoms with Crippen molar-refractivity contribution < 1.29 is 13.2 Å². The van der Waals surface area contributed by atoms with Crippen molar-refractivity contribution in [1.29, 1.82) is 0 Å². The maximum absolute atomic E-state index is 12.9. The molecule has 0 amide bonds. The molecule has 1 N–H and O–H groups in total. The molecular weight excluding hydrogens is 511 g/mol. The molecule has 3 nitrogen and oxygen atoms in total. The minimum Gasteiger partial charge on any atom is -0.338 e. The molecule has 1 heterocycles. The van der Waals surface area contributed by atoms with Crippen LogP contribution in [0.2, 0.25) is 0 Å². The van der Waals surface area contributed by atoms with Gasteiger partial charge in [0.15, 0.2) is 5.82 Å². The van der Waals surface area contributed by atoms with Crippen molar-refractivity contribution in [2.45, 2.75) is 16.1 Å². The molecule has 0 atom stereocenters. The average Bonchev–Trinajstić information content (AvgIpc) is 2.78. The minimum absolute atomic E-state index is 0.475. The van der Waals surface area contributed by atoms with Gasteiger partial charge in [-0.1, -0.05) is 58.0 Å². The summed E-state index contributed by atoms with van der Waals surface area (Å²) in [4.78, 5) is 10.6. The van der Waals surface area contributed by atoms with Crippen molar-refractivity contribution in [3.63, 3.8) is 0 Å². The van der Waals surface area contributed by atoms with E-state index in [-0.39, 0.29) is 0 Å². The van der Waals surface area contributed by atoms with Gasteiger partial charge in [-0.3, -0.25) is 0 Å². The molecule has 0 radical (unpaired) electrons. The largest absolute Gasteiger partial charge is 0.416 e. The first kappa shape index (κ1) is 21.7. The number of nitrogens with one attached hydrogen (secondary N) is 1. The van der Waals surface area contributed by atoms with E-state index < -0.39 is 11.7 Å². The summed E-state index contributed by atoms with van der Waals surface area (Å²) in [5.74, 6) is 0.475. The standard InChI is InChI=1S/C25H15BrF3N3S/c26-18-6-3-7-20(14-18)33-24-23(30-19-10-8-17(9-11-19)25(27,28)29)31-21-12-15-4-1-2-5-16(15)13-22(21)32-24/h1-14H,(H,30,31). The van der Waals surface area contributed by atoms with Crippen LogP contribution in [0.1, 0.15) is 5.56 Å². The lowest BCUT2D eigenvalue weighted by molar-refractivity contribution is -0.137. The maximum Gasteiger partial charge on any atom is 0.416 e. The zero-order valence-electron chi connectivity index (χ0n) is 16.9. The average molecular weight is 526 g/mol. The Bertz CT molecular complexity index is 1470. The molecule has 5 rings (SSSR count). The molecule has 0 aliphatic carbocycles. The molecule has 33 heavy (non-hydrogen) atoms. The van der Waals surface area contributed by atoms with E-state index in [0.29, 0.717) is 22.0 Å². The van der Waals surface area contributed by atoms with E-state index in [0.717, 1.165) is 37.8 Å². The molecule has 0 aliphatic rings. The lowest BCUT2D eigenvalue weighted by Crippen LogP contribution is -2.05. The highest BCUT2D eigenvalue weighted by molar-refractivity contribution is 9.10. The Morgan fingerprint density at radius 1 is 0.758 bits per heavy atom. The second-order valence-corrected chi connectivity index (χ2v) is 9.30. The number of fused-ring (bicyclic) bond motifs is 2. The Labute approximate surface area is 200 Å². The molecule has 0 fully saturated rings. The van der Waals surface area contributed by atoms with Crippen molar-refractivity contribution in [3.8, 4) is 0 Å². The lowest BCUT2D eigenvalue weighted by Gasteiger charge is -2.13. The van der Waals surface area contributed by atoms with Crippen LogP contribution in [-0.4, -0.2) is 9.97 Å². The fraction of sp³-hybridized carbons (Fsp3) is 0.0400. The number of anilines is 2. The van der Waals surface area contributed by atoms with Crippen LogP contribution in [0.3, 0.4) is 0 Å². The van der Waals surface area contributed by atoms with Crippen molar-refractivity contribution >= 4 is 61.0 Å². The topological polar surface area (TPSA) is 37.8 Å². The zero-order chi connectivity index (χ0) is 23.0. The van der Waals surface area contributed by atoms with Gasteiger partial charge in [0.25, 0.3) is 0 Å². The third-order valence-electron chi connectivity index (χ3n) is 4.99. The van der Waals surface area contributed by atoms with E-state index in [9.17, 15) is 13.2 Å². The third kappa shape index (κ3) is 4.82. The second-order valence-electron chi connectivity index (χ2n) is 7.32.